The maximum Gasteiger partial charge on any atom is 0.222 e. The SMILES string of the molecule is CCC(C)CC(=O)N1CCC(Cl)CC1. The molecule has 14 heavy (non-hydrogen) atoms. The van der Waals surface area contributed by atoms with Gasteiger partial charge in [-0.3, -0.25) is 4.79 Å². The van der Waals surface area contributed by atoms with E-state index in [0.717, 1.165) is 32.4 Å². The van der Waals surface area contributed by atoms with E-state index >= 15 is 0 Å². The number of piperidine rings is 1. The van der Waals surface area contributed by atoms with Crippen molar-refractivity contribution in [3.05, 3.63) is 0 Å². The number of nitrogens with zero attached hydrogens (tertiary/aromatic N) is 1. The number of carbonyl (C=O) groups excluding carboxylic acids is 1. The van der Waals surface area contributed by atoms with Crippen molar-refractivity contribution in [1.82, 2.24) is 4.90 Å². The number of likely N-dealkylation sites (tertiary alicyclic amines) is 1. The molecule has 0 bridgehead atoms. The van der Waals surface area contributed by atoms with Crippen molar-refractivity contribution < 1.29 is 4.79 Å². The zero-order valence-electron chi connectivity index (χ0n) is 9.13. The lowest BCUT2D eigenvalue weighted by Gasteiger charge is -2.30. The highest BCUT2D eigenvalue weighted by molar-refractivity contribution is 6.20. The maximum absolute atomic E-state index is 11.8. The smallest absolute Gasteiger partial charge is 0.222 e. The van der Waals surface area contributed by atoms with E-state index in [1.807, 2.05) is 4.90 Å². The summed E-state index contributed by atoms with van der Waals surface area (Å²) in [4.78, 5) is 13.7. The van der Waals surface area contributed by atoms with E-state index in [4.69, 9.17) is 11.6 Å². The average Bonchev–Trinajstić information content (AvgIpc) is 2.18. The van der Waals surface area contributed by atoms with Crippen molar-refractivity contribution >= 4 is 17.5 Å². The Labute approximate surface area is 91.6 Å². The molecular formula is C11H20ClNO. The lowest BCUT2D eigenvalue weighted by Crippen LogP contribution is -2.39. The van der Waals surface area contributed by atoms with Crippen LogP contribution in [0, 0.1) is 5.92 Å². The van der Waals surface area contributed by atoms with E-state index in [9.17, 15) is 4.79 Å². The number of amides is 1. The Morgan fingerprint density at radius 2 is 2.07 bits per heavy atom. The summed E-state index contributed by atoms with van der Waals surface area (Å²) in [6.45, 7) is 5.96. The van der Waals surface area contributed by atoms with E-state index < -0.39 is 0 Å². The lowest BCUT2D eigenvalue weighted by molar-refractivity contribution is -0.132. The van der Waals surface area contributed by atoms with Crippen molar-refractivity contribution in [2.45, 2.75) is 44.9 Å². The number of rotatable bonds is 3. The molecule has 0 aliphatic carbocycles. The Balaban J connectivity index is 2.30. The van der Waals surface area contributed by atoms with Gasteiger partial charge in [-0.05, 0) is 18.8 Å². The fourth-order valence-electron chi connectivity index (χ4n) is 1.67. The standard InChI is InChI=1S/C11H20ClNO/c1-3-9(2)8-11(14)13-6-4-10(12)5-7-13/h9-10H,3-8H2,1-2H3. The van der Waals surface area contributed by atoms with Gasteiger partial charge in [0.1, 0.15) is 0 Å². The Bertz CT molecular complexity index is 188. The molecule has 1 aliphatic heterocycles. The summed E-state index contributed by atoms with van der Waals surface area (Å²) >= 11 is 5.98. The van der Waals surface area contributed by atoms with Crippen LogP contribution in [0.1, 0.15) is 39.5 Å². The van der Waals surface area contributed by atoms with E-state index in [0.29, 0.717) is 18.2 Å². The molecule has 0 aromatic carbocycles. The predicted octanol–water partition coefficient (Wildman–Crippen LogP) is 2.65. The molecule has 0 saturated carbocycles. The molecule has 82 valence electrons. The molecule has 0 spiro atoms. The Kier molecular flexibility index (Phi) is 4.73. The van der Waals surface area contributed by atoms with Crippen LogP contribution in [0.4, 0.5) is 0 Å². The van der Waals surface area contributed by atoms with Crippen LogP contribution in [0.25, 0.3) is 0 Å². The van der Waals surface area contributed by atoms with Crippen LogP contribution >= 0.6 is 11.6 Å². The molecule has 0 aromatic heterocycles. The molecule has 3 heteroatoms. The molecule has 0 N–H and O–H groups in total. The second-order valence-electron chi connectivity index (χ2n) is 4.27. The first kappa shape index (κ1) is 11.8. The fourth-order valence-corrected chi connectivity index (χ4v) is 1.86. The number of alkyl halides is 1. The molecule has 1 fully saturated rings. The molecule has 0 aromatic rings. The lowest BCUT2D eigenvalue weighted by atomic mass is 10.0. The Morgan fingerprint density at radius 3 is 2.57 bits per heavy atom. The Hall–Kier alpha value is -0.240. The number of halogens is 1. The molecule has 1 aliphatic rings. The van der Waals surface area contributed by atoms with E-state index in [2.05, 4.69) is 13.8 Å². The van der Waals surface area contributed by atoms with Gasteiger partial charge in [-0.2, -0.15) is 0 Å². The average molecular weight is 218 g/mol. The Morgan fingerprint density at radius 1 is 1.50 bits per heavy atom. The first-order valence-electron chi connectivity index (χ1n) is 5.55. The van der Waals surface area contributed by atoms with Gasteiger partial charge < -0.3 is 4.90 Å². The first-order valence-corrected chi connectivity index (χ1v) is 5.99. The van der Waals surface area contributed by atoms with Gasteiger partial charge in [0.15, 0.2) is 0 Å². The van der Waals surface area contributed by atoms with Crippen molar-refractivity contribution in [3.8, 4) is 0 Å². The molecule has 1 saturated heterocycles. The topological polar surface area (TPSA) is 20.3 Å². The van der Waals surface area contributed by atoms with E-state index in [1.54, 1.807) is 0 Å². The second kappa shape index (κ2) is 5.59. The molecule has 1 unspecified atom stereocenters. The van der Waals surface area contributed by atoms with Gasteiger partial charge in [-0.1, -0.05) is 20.3 Å². The van der Waals surface area contributed by atoms with Gasteiger partial charge in [0.05, 0.1) is 0 Å². The zero-order valence-corrected chi connectivity index (χ0v) is 9.89. The number of carbonyl (C=O) groups is 1. The minimum Gasteiger partial charge on any atom is -0.343 e. The first-order chi connectivity index (χ1) is 6.63. The van der Waals surface area contributed by atoms with Gasteiger partial charge in [-0.15, -0.1) is 11.6 Å². The van der Waals surface area contributed by atoms with Crippen LogP contribution < -0.4 is 0 Å². The largest absolute Gasteiger partial charge is 0.343 e. The van der Waals surface area contributed by atoms with Crippen LogP contribution in [0.5, 0.6) is 0 Å². The quantitative estimate of drug-likeness (QED) is 0.666. The molecule has 2 nitrogen and oxygen atoms in total. The number of hydrogen-bond acceptors (Lipinski definition) is 1. The minimum absolute atomic E-state index is 0.280. The highest BCUT2D eigenvalue weighted by Gasteiger charge is 2.21. The van der Waals surface area contributed by atoms with Crippen LogP contribution in [-0.4, -0.2) is 29.3 Å². The monoisotopic (exact) mass is 217 g/mol. The third-order valence-corrected chi connectivity index (χ3v) is 3.43. The van der Waals surface area contributed by atoms with Crippen LogP contribution in [0.15, 0.2) is 0 Å². The summed E-state index contributed by atoms with van der Waals surface area (Å²) in [5, 5.41) is 0.280. The molecule has 1 amide bonds. The van der Waals surface area contributed by atoms with Crippen LogP contribution in [0.3, 0.4) is 0 Å². The summed E-state index contributed by atoms with van der Waals surface area (Å²) in [6.07, 6.45) is 3.68. The highest BCUT2D eigenvalue weighted by Crippen LogP contribution is 2.17. The van der Waals surface area contributed by atoms with Crippen LogP contribution in [0.2, 0.25) is 0 Å². The van der Waals surface area contributed by atoms with Crippen molar-refractivity contribution in [3.63, 3.8) is 0 Å². The minimum atomic E-state index is 0.280. The molecule has 1 heterocycles. The molecule has 1 rings (SSSR count). The normalized spacial score (nSPS) is 20.9. The molecular weight excluding hydrogens is 198 g/mol. The van der Waals surface area contributed by atoms with Gasteiger partial charge in [0, 0.05) is 24.9 Å². The van der Waals surface area contributed by atoms with E-state index in [-0.39, 0.29) is 5.38 Å². The molecule has 1 atom stereocenters. The van der Waals surface area contributed by atoms with Crippen LogP contribution in [-0.2, 0) is 4.79 Å². The van der Waals surface area contributed by atoms with Gasteiger partial charge in [0.25, 0.3) is 0 Å². The third-order valence-electron chi connectivity index (χ3n) is 3.00. The molecule has 0 radical (unpaired) electrons. The second-order valence-corrected chi connectivity index (χ2v) is 4.89. The maximum atomic E-state index is 11.8. The van der Waals surface area contributed by atoms with Crippen molar-refractivity contribution in [1.29, 1.82) is 0 Å². The highest BCUT2D eigenvalue weighted by atomic mass is 35.5. The van der Waals surface area contributed by atoms with Gasteiger partial charge in [-0.25, -0.2) is 0 Å². The fraction of sp³-hybridized carbons (Fsp3) is 0.909. The summed E-state index contributed by atoms with van der Waals surface area (Å²) in [6, 6.07) is 0. The van der Waals surface area contributed by atoms with E-state index in [1.165, 1.54) is 0 Å². The summed E-state index contributed by atoms with van der Waals surface area (Å²) < 4.78 is 0. The zero-order chi connectivity index (χ0) is 10.6. The van der Waals surface area contributed by atoms with Gasteiger partial charge in [0.2, 0.25) is 5.91 Å². The van der Waals surface area contributed by atoms with Crippen molar-refractivity contribution in [2.24, 2.45) is 5.92 Å². The summed E-state index contributed by atoms with van der Waals surface area (Å²) in [7, 11) is 0. The summed E-state index contributed by atoms with van der Waals surface area (Å²) in [5.41, 5.74) is 0. The summed E-state index contributed by atoms with van der Waals surface area (Å²) in [5.74, 6) is 0.819. The van der Waals surface area contributed by atoms with Crippen molar-refractivity contribution in [2.75, 3.05) is 13.1 Å². The predicted molar refractivity (Wildman–Crippen MR) is 59.5 cm³/mol. The third kappa shape index (κ3) is 3.49. The number of hydrogen-bond donors (Lipinski definition) is 0. The van der Waals surface area contributed by atoms with Gasteiger partial charge >= 0.3 is 0 Å².